The SMILES string of the molecule is CCc1c(CC#N)nn(C(C)C)c1Oc1cc(Cl)cc(Cl)c1.CCc1c(CCN)nn(C(C)C)c1Oc1cc(Cl)cc(Cl)c1. The molecule has 2 N–H and O–H groups in total. The van der Waals surface area contributed by atoms with E-state index in [1.165, 1.54) is 0 Å². The van der Waals surface area contributed by atoms with Gasteiger partial charge in [0.25, 0.3) is 0 Å². The lowest BCUT2D eigenvalue weighted by molar-refractivity contribution is 0.385. The summed E-state index contributed by atoms with van der Waals surface area (Å²) in [4.78, 5) is 0. The summed E-state index contributed by atoms with van der Waals surface area (Å²) < 4.78 is 15.8. The highest BCUT2D eigenvalue weighted by Gasteiger charge is 2.21. The van der Waals surface area contributed by atoms with Crippen molar-refractivity contribution in [2.75, 3.05) is 6.54 Å². The van der Waals surface area contributed by atoms with Crippen molar-refractivity contribution in [1.29, 1.82) is 5.26 Å². The van der Waals surface area contributed by atoms with Gasteiger partial charge in [-0.2, -0.15) is 15.5 Å². The summed E-state index contributed by atoms with van der Waals surface area (Å²) in [6.45, 7) is 12.8. The molecule has 2 heterocycles. The number of hydrogen-bond donors (Lipinski definition) is 1. The van der Waals surface area contributed by atoms with Crippen LogP contribution in [0, 0.1) is 11.3 Å². The normalized spacial score (nSPS) is 11.0. The Morgan fingerprint density at radius 1 is 0.727 bits per heavy atom. The van der Waals surface area contributed by atoms with Gasteiger partial charge in [0.15, 0.2) is 0 Å². The van der Waals surface area contributed by atoms with Gasteiger partial charge in [-0.05, 0) is 83.5 Å². The van der Waals surface area contributed by atoms with Crippen LogP contribution in [0.3, 0.4) is 0 Å². The monoisotopic (exact) mass is 678 g/mol. The van der Waals surface area contributed by atoms with Gasteiger partial charge in [-0.15, -0.1) is 0 Å². The second-order valence-electron chi connectivity index (χ2n) is 10.5. The molecule has 0 aliphatic carbocycles. The minimum atomic E-state index is 0.113. The van der Waals surface area contributed by atoms with Gasteiger partial charge >= 0.3 is 0 Å². The Morgan fingerprint density at radius 3 is 1.45 bits per heavy atom. The fourth-order valence-electron chi connectivity index (χ4n) is 4.58. The van der Waals surface area contributed by atoms with E-state index in [2.05, 4.69) is 37.0 Å². The third-order valence-corrected chi connectivity index (χ3v) is 7.37. The molecular weight excluding hydrogens is 642 g/mol. The summed E-state index contributed by atoms with van der Waals surface area (Å²) in [6, 6.07) is 12.7. The number of aromatic nitrogens is 4. The molecule has 12 heteroatoms. The molecular formula is C32H38Cl4N6O2. The molecule has 0 aliphatic rings. The smallest absolute Gasteiger partial charge is 0.221 e. The van der Waals surface area contributed by atoms with Crippen molar-refractivity contribution < 1.29 is 9.47 Å². The van der Waals surface area contributed by atoms with E-state index in [0.717, 1.165) is 47.7 Å². The first kappa shape index (κ1) is 35.5. The molecule has 0 saturated carbocycles. The van der Waals surface area contributed by atoms with E-state index in [0.29, 0.717) is 44.0 Å². The number of nitriles is 1. The Kier molecular flexibility index (Phi) is 13.2. The topological polar surface area (TPSA) is 104 Å². The zero-order valence-corrected chi connectivity index (χ0v) is 28.8. The van der Waals surface area contributed by atoms with E-state index in [1.54, 1.807) is 41.1 Å². The van der Waals surface area contributed by atoms with Crippen LogP contribution in [-0.2, 0) is 25.7 Å². The van der Waals surface area contributed by atoms with Crippen molar-refractivity contribution >= 4 is 46.4 Å². The zero-order valence-electron chi connectivity index (χ0n) is 25.8. The van der Waals surface area contributed by atoms with Gasteiger partial charge in [-0.3, -0.25) is 0 Å². The summed E-state index contributed by atoms with van der Waals surface area (Å²) in [5.74, 6) is 2.53. The van der Waals surface area contributed by atoms with Gasteiger partial charge in [0, 0.05) is 37.6 Å². The maximum Gasteiger partial charge on any atom is 0.221 e. The van der Waals surface area contributed by atoms with E-state index in [4.69, 9.17) is 66.9 Å². The van der Waals surface area contributed by atoms with Crippen molar-refractivity contribution in [2.45, 2.75) is 79.3 Å². The summed E-state index contributed by atoms with van der Waals surface area (Å²) in [6.07, 6.45) is 2.55. The molecule has 0 radical (unpaired) electrons. The number of rotatable bonds is 11. The Balaban J connectivity index is 0.000000240. The van der Waals surface area contributed by atoms with Gasteiger partial charge in [-0.1, -0.05) is 60.3 Å². The standard InChI is InChI=1S/C16H21Cl2N3O.C16H17Cl2N3O/c2*1-4-14-15(5-6-19)20-21(10(2)3)16(14)22-13-8-11(17)7-12(18)9-13/h7-10H,4-6,19H2,1-3H3;7-10H,4-5H2,1-3H3. The Morgan fingerprint density at radius 2 is 1.11 bits per heavy atom. The number of ether oxygens (including phenoxy) is 2. The second-order valence-corrected chi connectivity index (χ2v) is 12.3. The molecule has 2 aromatic heterocycles. The number of halogens is 4. The molecule has 236 valence electrons. The molecule has 4 aromatic rings. The van der Waals surface area contributed by atoms with Crippen LogP contribution < -0.4 is 15.2 Å². The largest absolute Gasteiger partial charge is 0.439 e. The quantitative estimate of drug-likeness (QED) is 0.169. The van der Waals surface area contributed by atoms with E-state index >= 15 is 0 Å². The predicted molar refractivity (Wildman–Crippen MR) is 179 cm³/mol. The van der Waals surface area contributed by atoms with E-state index in [1.807, 2.05) is 25.5 Å². The van der Waals surface area contributed by atoms with Gasteiger partial charge in [-0.25, -0.2) is 9.36 Å². The Labute approximate surface area is 279 Å². The van der Waals surface area contributed by atoms with Crippen molar-refractivity contribution in [3.63, 3.8) is 0 Å². The fourth-order valence-corrected chi connectivity index (χ4v) is 5.59. The first-order chi connectivity index (χ1) is 20.9. The number of nitrogens with zero attached hydrogens (tertiary/aromatic N) is 5. The first-order valence-electron chi connectivity index (χ1n) is 14.5. The van der Waals surface area contributed by atoms with Gasteiger partial charge in [0.2, 0.25) is 11.8 Å². The van der Waals surface area contributed by atoms with Crippen LogP contribution in [0.15, 0.2) is 36.4 Å². The summed E-state index contributed by atoms with van der Waals surface area (Å²) in [5, 5.41) is 20.2. The van der Waals surface area contributed by atoms with E-state index < -0.39 is 0 Å². The van der Waals surface area contributed by atoms with Crippen LogP contribution in [0.1, 0.15) is 76.1 Å². The van der Waals surface area contributed by atoms with Gasteiger partial charge < -0.3 is 15.2 Å². The minimum absolute atomic E-state index is 0.113. The zero-order chi connectivity index (χ0) is 32.6. The molecule has 0 atom stereocenters. The van der Waals surface area contributed by atoms with Gasteiger partial charge in [0.1, 0.15) is 11.5 Å². The number of benzene rings is 2. The van der Waals surface area contributed by atoms with Crippen LogP contribution in [-0.4, -0.2) is 26.1 Å². The maximum absolute atomic E-state index is 8.97. The number of nitrogens with two attached hydrogens (primary N) is 1. The number of hydrogen-bond acceptors (Lipinski definition) is 6. The molecule has 8 nitrogen and oxygen atoms in total. The molecule has 0 aliphatic heterocycles. The molecule has 0 saturated heterocycles. The van der Waals surface area contributed by atoms with Crippen molar-refractivity contribution in [1.82, 2.24) is 19.6 Å². The van der Waals surface area contributed by atoms with Crippen LogP contribution in [0.2, 0.25) is 20.1 Å². The molecule has 0 fully saturated rings. The lowest BCUT2D eigenvalue weighted by atomic mass is 10.1. The third kappa shape index (κ3) is 9.06. The lowest BCUT2D eigenvalue weighted by Crippen LogP contribution is -2.07. The molecule has 0 amide bonds. The van der Waals surface area contributed by atoms with Crippen LogP contribution in [0.4, 0.5) is 0 Å². The van der Waals surface area contributed by atoms with Crippen LogP contribution in [0.5, 0.6) is 23.3 Å². The summed E-state index contributed by atoms with van der Waals surface area (Å²) in [5.41, 5.74) is 9.44. The van der Waals surface area contributed by atoms with Gasteiger partial charge in [0.05, 0.1) is 36.0 Å². The van der Waals surface area contributed by atoms with Crippen LogP contribution >= 0.6 is 46.4 Å². The fraction of sp³-hybridized carbons (Fsp3) is 0.406. The van der Waals surface area contributed by atoms with E-state index in [9.17, 15) is 0 Å². The predicted octanol–water partition coefficient (Wildman–Crippen LogP) is 9.82. The molecule has 0 spiro atoms. The molecule has 0 bridgehead atoms. The summed E-state index contributed by atoms with van der Waals surface area (Å²) >= 11 is 24.1. The van der Waals surface area contributed by atoms with Crippen molar-refractivity contribution in [3.8, 4) is 29.3 Å². The Bertz CT molecular complexity index is 1570. The van der Waals surface area contributed by atoms with Crippen molar-refractivity contribution in [3.05, 3.63) is 79.0 Å². The maximum atomic E-state index is 8.97. The van der Waals surface area contributed by atoms with E-state index in [-0.39, 0.29) is 18.5 Å². The minimum Gasteiger partial charge on any atom is -0.439 e. The molecule has 0 unspecified atom stereocenters. The molecule has 44 heavy (non-hydrogen) atoms. The lowest BCUT2D eigenvalue weighted by Gasteiger charge is -2.13. The average molecular weight is 681 g/mol. The second kappa shape index (κ2) is 16.4. The Hall–Kier alpha value is -2.93. The van der Waals surface area contributed by atoms with Crippen LogP contribution in [0.25, 0.3) is 0 Å². The highest BCUT2D eigenvalue weighted by molar-refractivity contribution is 6.35. The first-order valence-corrected chi connectivity index (χ1v) is 16.0. The van der Waals surface area contributed by atoms with Crippen molar-refractivity contribution in [2.24, 2.45) is 5.73 Å². The molecule has 4 rings (SSSR count). The highest BCUT2D eigenvalue weighted by Crippen LogP contribution is 2.35. The third-order valence-electron chi connectivity index (χ3n) is 6.50. The molecule has 2 aromatic carbocycles. The highest BCUT2D eigenvalue weighted by atomic mass is 35.5. The summed E-state index contributed by atoms with van der Waals surface area (Å²) in [7, 11) is 0. The average Bonchev–Trinajstić information content (AvgIpc) is 3.45.